The molecular formula is C17H18F3NO4S. The van der Waals surface area contributed by atoms with Crippen LogP contribution in [0.1, 0.15) is 11.1 Å². The molecule has 2 N–H and O–H groups in total. The molecule has 0 radical (unpaired) electrons. The molecule has 0 saturated carbocycles. The standard InChI is InChI=1S/C17H18F3NO4S/c1-12-10-14(25-2)8-9-15(12)26(23,24)21-11-16(22,17(18,19)20)13-6-4-3-5-7-13/h3-10,21-22H,11H2,1-2H3. The molecule has 1 atom stereocenters. The van der Waals surface area contributed by atoms with E-state index in [1.165, 1.54) is 50.4 Å². The maximum atomic E-state index is 13.4. The number of halogens is 3. The molecule has 142 valence electrons. The Morgan fingerprint density at radius 3 is 2.23 bits per heavy atom. The average molecular weight is 389 g/mol. The Labute approximate surface area is 149 Å². The van der Waals surface area contributed by atoms with Crippen LogP contribution in [0.15, 0.2) is 53.4 Å². The number of methoxy groups -OCH3 is 1. The molecule has 2 rings (SSSR count). The highest BCUT2D eigenvalue weighted by molar-refractivity contribution is 7.89. The third kappa shape index (κ3) is 4.00. The van der Waals surface area contributed by atoms with Crippen molar-refractivity contribution in [3.05, 3.63) is 59.7 Å². The van der Waals surface area contributed by atoms with Crippen molar-refractivity contribution < 1.29 is 31.4 Å². The minimum Gasteiger partial charge on any atom is -0.497 e. The van der Waals surface area contributed by atoms with Crippen LogP contribution in [0.2, 0.25) is 0 Å². The van der Waals surface area contributed by atoms with Gasteiger partial charge in [0, 0.05) is 0 Å². The van der Waals surface area contributed by atoms with E-state index in [-0.39, 0.29) is 4.90 Å². The monoisotopic (exact) mass is 389 g/mol. The molecule has 0 saturated heterocycles. The first-order valence-corrected chi connectivity index (χ1v) is 8.98. The van der Waals surface area contributed by atoms with E-state index in [1.807, 2.05) is 4.72 Å². The van der Waals surface area contributed by atoms with Gasteiger partial charge in [-0.3, -0.25) is 0 Å². The molecule has 26 heavy (non-hydrogen) atoms. The Morgan fingerprint density at radius 2 is 1.73 bits per heavy atom. The molecule has 0 aliphatic rings. The molecule has 0 heterocycles. The lowest BCUT2D eigenvalue weighted by Crippen LogP contribution is -2.51. The Morgan fingerprint density at radius 1 is 1.12 bits per heavy atom. The molecule has 0 aliphatic heterocycles. The summed E-state index contributed by atoms with van der Waals surface area (Å²) in [6, 6.07) is 10.4. The lowest BCUT2D eigenvalue weighted by atomic mass is 9.93. The van der Waals surface area contributed by atoms with E-state index >= 15 is 0 Å². The zero-order valence-electron chi connectivity index (χ0n) is 14.0. The quantitative estimate of drug-likeness (QED) is 0.797. The third-order valence-corrected chi connectivity index (χ3v) is 5.47. The average Bonchev–Trinajstić information content (AvgIpc) is 2.59. The van der Waals surface area contributed by atoms with Crippen molar-refractivity contribution in [2.75, 3.05) is 13.7 Å². The minimum atomic E-state index is -5.08. The van der Waals surface area contributed by atoms with Gasteiger partial charge in [0.1, 0.15) is 5.75 Å². The van der Waals surface area contributed by atoms with E-state index in [0.29, 0.717) is 11.3 Å². The number of benzene rings is 2. The van der Waals surface area contributed by atoms with Crippen molar-refractivity contribution in [3.63, 3.8) is 0 Å². The van der Waals surface area contributed by atoms with Crippen LogP contribution in [-0.4, -0.2) is 33.4 Å². The minimum absolute atomic E-state index is 0.198. The van der Waals surface area contributed by atoms with Gasteiger partial charge in [0.2, 0.25) is 10.0 Å². The smallest absolute Gasteiger partial charge is 0.422 e. The molecule has 2 aromatic rings. The first-order valence-electron chi connectivity index (χ1n) is 7.50. The summed E-state index contributed by atoms with van der Waals surface area (Å²) in [7, 11) is -2.88. The van der Waals surface area contributed by atoms with Gasteiger partial charge in [-0.2, -0.15) is 13.2 Å². The van der Waals surface area contributed by atoms with Gasteiger partial charge >= 0.3 is 6.18 Å². The van der Waals surface area contributed by atoms with Gasteiger partial charge in [-0.05, 0) is 36.2 Å². The summed E-state index contributed by atoms with van der Waals surface area (Å²) in [5.41, 5.74) is -3.52. The van der Waals surface area contributed by atoms with Gasteiger partial charge < -0.3 is 9.84 Å². The number of ether oxygens (including phenoxy) is 1. The summed E-state index contributed by atoms with van der Waals surface area (Å²) in [5, 5.41) is 10.2. The highest BCUT2D eigenvalue weighted by Crippen LogP contribution is 2.38. The number of hydrogen-bond acceptors (Lipinski definition) is 4. The van der Waals surface area contributed by atoms with Crippen LogP contribution in [0.3, 0.4) is 0 Å². The van der Waals surface area contributed by atoms with Crippen LogP contribution < -0.4 is 9.46 Å². The number of alkyl halides is 3. The van der Waals surface area contributed by atoms with Crippen molar-refractivity contribution in [3.8, 4) is 5.75 Å². The largest absolute Gasteiger partial charge is 0.497 e. The van der Waals surface area contributed by atoms with E-state index in [9.17, 15) is 26.7 Å². The van der Waals surface area contributed by atoms with Crippen molar-refractivity contribution in [1.29, 1.82) is 0 Å². The lowest BCUT2D eigenvalue weighted by Gasteiger charge is -2.31. The highest BCUT2D eigenvalue weighted by atomic mass is 32.2. The SMILES string of the molecule is COc1ccc(S(=O)(=O)NCC(O)(c2ccccc2)C(F)(F)F)c(C)c1. The maximum absolute atomic E-state index is 13.4. The van der Waals surface area contributed by atoms with Gasteiger partial charge in [0.05, 0.1) is 18.6 Å². The first kappa shape index (κ1) is 20.2. The molecule has 2 aromatic carbocycles. The second kappa shape index (κ2) is 7.26. The number of rotatable bonds is 6. The third-order valence-electron chi connectivity index (χ3n) is 3.91. The molecule has 9 heteroatoms. The first-order chi connectivity index (χ1) is 12.0. The van der Waals surface area contributed by atoms with E-state index < -0.39 is 33.9 Å². The van der Waals surface area contributed by atoms with Gasteiger partial charge in [-0.15, -0.1) is 0 Å². The number of aliphatic hydroxyl groups is 1. The van der Waals surface area contributed by atoms with Gasteiger partial charge in [-0.1, -0.05) is 30.3 Å². The maximum Gasteiger partial charge on any atom is 0.422 e. The summed E-state index contributed by atoms with van der Waals surface area (Å²) in [4.78, 5) is -0.198. The summed E-state index contributed by atoms with van der Waals surface area (Å²) in [6.45, 7) is 0.235. The van der Waals surface area contributed by atoms with E-state index in [2.05, 4.69) is 0 Å². The van der Waals surface area contributed by atoms with E-state index in [1.54, 1.807) is 0 Å². The molecule has 0 spiro atoms. The van der Waals surface area contributed by atoms with Crippen LogP contribution >= 0.6 is 0 Å². The van der Waals surface area contributed by atoms with Gasteiger partial charge in [-0.25, -0.2) is 13.1 Å². The number of hydrogen-bond donors (Lipinski definition) is 2. The van der Waals surface area contributed by atoms with Crippen LogP contribution in [0.5, 0.6) is 5.75 Å². The van der Waals surface area contributed by atoms with Gasteiger partial charge in [0.15, 0.2) is 5.60 Å². The summed E-state index contributed by atoms with van der Waals surface area (Å²) in [6.07, 6.45) is -5.08. The van der Waals surface area contributed by atoms with Gasteiger partial charge in [0.25, 0.3) is 0 Å². The van der Waals surface area contributed by atoms with Crippen LogP contribution in [0, 0.1) is 6.92 Å². The number of nitrogens with one attached hydrogen (secondary N) is 1. The summed E-state index contributed by atoms with van der Waals surface area (Å²) < 4.78 is 72.0. The zero-order chi connectivity index (χ0) is 19.6. The molecule has 0 fully saturated rings. The second-order valence-corrected chi connectivity index (χ2v) is 7.42. The van der Waals surface area contributed by atoms with Crippen LogP contribution in [0.4, 0.5) is 13.2 Å². The van der Waals surface area contributed by atoms with Crippen molar-refractivity contribution in [1.82, 2.24) is 4.72 Å². The fraction of sp³-hybridized carbons (Fsp3) is 0.294. The predicted octanol–water partition coefficient (Wildman–Crippen LogP) is 2.73. The number of aryl methyl sites for hydroxylation is 1. The Balaban J connectivity index is 2.34. The Kier molecular flexibility index (Phi) is 5.64. The fourth-order valence-electron chi connectivity index (χ4n) is 2.41. The molecule has 0 aromatic heterocycles. The zero-order valence-corrected chi connectivity index (χ0v) is 14.9. The van der Waals surface area contributed by atoms with Crippen LogP contribution in [0.25, 0.3) is 0 Å². The van der Waals surface area contributed by atoms with Crippen molar-refractivity contribution in [2.45, 2.75) is 23.6 Å². The normalized spacial score (nSPS) is 14.7. The highest BCUT2D eigenvalue weighted by Gasteiger charge is 2.55. The topological polar surface area (TPSA) is 75.6 Å². The second-order valence-electron chi connectivity index (χ2n) is 5.68. The molecule has 1 unspecified atom stereocenters. The molecule has 0 bridgehead atoms. The van der Waals surface area contributed by atoms with E-state index in [0.717, 1.165) is 12.1 Å². The summed E-state index contributed by atoms with van der Waals surface area (Å²) in [5.74, 6) is 0.414. The fourth-order valence-corrected chi connectivity index (χ4v) is 3.69. The Bertz CT molecular complexity index is 869. The van der Waals surface area contributed by atoms with Crippen molar-refractivity contribution >= 4 is 10.0 Å². The van der Waals surface area contributed by atoms with Crippen LogP contribution in [-0.2, 0) is 15.6 Å². The molecule has 5 nitrogen and oxygen atoms in total. The van der Waals surface area contributed by atoms with E-state index in [4.69, 9.17) is 4.74 Å². The number of sulfonamides is 1. The predicted molar refractivity (Wildman–Crippen MR) is 89.3 cm³/mol. The summed E-state index contributed by atoms with van der Waals surface area (Å²) >= 11 is 0. The lowest BCUT2D eigenvalue weighted by molar-refractivity contribution is -0.263. The Hall–Kier alpha value is -2.10. The molecule has 0 amide bonds. The van der Waals surface area contributed by atoms with Crippen molar-refractivity contribution in [2.24, 2.45) is 0 Å². The molecular weight excluding hydrogens is 371 g/mol. The molecule has 0 aliphatic carbocycles.